The third-order valence-electron chi connectivity index (χ3n) is 1.37. The van der Waals surface area contributed by atoms with E-state index in [-0.39, 0.29) is 6.26 Å². The van der Waals surface area contributed by atoms with Gasteiger partial charge in [0.1, 0.15) is 6.26 Å². The highest BCUT2D eigenvalue weighted by Gasteiger charge is 2.41. The number of aliphatic hydroxyl groups excluding tert-OH is 1. The highest BCUT2D eigenvalue weighted by molar-refractivity contribution is 4.94. The Morgan fingerprint density at radius 3 is 2.00 bits per heavy atom. The molecule has 0 amide bonds. The smallest absolute Gasteiger partial charge is 0.451 e. The van der Waals surface area contributed by atoms with Gasteiger partial charge in [0.25, 0.3) is 0 Å². The molecule has 90 valence electrons. The average Bonchev–Trinajstić information content (AvgIpc) is 2.00. The minimum absolute atomic E-state index is 0.346. The van der Waals surface area contributed by atoms with E-state index in [0.29, 0.717) is 0 Å². The van der Waals surface area contributed by atoms with Crippen molar-refractivity contribution in [2.45, 2.75) is 31.8 Å². The van der Waals surface area contributed by atoms with E-state index in [1.807, 2.05) is 0 Å². The second kappa shape index (κ2) is 4.63. The highest BCUT2D eigenvalue weighted by Crippen LogP contribution is 2.27. The molecule has 2 nitrogen and oxygen atoms in total. The monoisotopic (exact) mass is 238 g/mol. The first kappa shape index (κ1) is 13.9. The van der Waals surface area contributed by atoms with Gasteiger partial charge in [-0.3, -0.25) is 0 Å². The maximum Gasteiger partial charge on any atom is 0.451 e. The number of halogens is 6. The van der Waals surface area contributed by atoms with E-state index in [1.165, 1.54) is 0 Å². The number of hydrogen-bond donors (Lipinski definition) is 1. The van der Waals surface area contributed by atoms with Crippen LogP contribution in [0.25, 0.3) is 0 Å². The van der Waals surface area contributed by atoms with Crippen LogP contribution in [0.4, 0.5) is 26.3 Å². The van der Waals surface area contributed by atoms with Crippen LogP contribution in [0.1, 0.15) is 13.3 Å². The van der Waals surface area contributed by atoms with Gasteiger partial charge in [0, 0.05) is 0 Å². The Labute approximate surface area is 81.1 Å². The molecule has 0 aromatic carbocycles. The van der Waals surface area contributed by atoms with Gasteiger partial charge in [-0.25, -0.2) is 0 Å². The Morgan fingerprint density at radius 2 is 1.73 bits per heavy atom. The molecule has 0 fully saturated rings. The van der Waals surface area contributed by atoms with E-state index in [0.717, 1.165) is 6.92 Å². The molecule has 8 heteroatoms. The summed E-state index contributed by atoms with van der Waals surface area (Å²) in [6.45, 7) is 1.09. The number of ether oxygens (including phenoxy) is 1. The molecule has 0 heterocycles. The van der Waals surface area contributed by atoms with Crippen LogP contribution in [-0.2, 0) is 4.74 Å². The molecule has 0 rings (SSSR count). The van der Waals surface area contributed by atoms with Crippen LogP contribution in [0.15, 0.2) is 12.0 Å². The normalized spacial score (nSPS) is 16.3. The average molecular weight is 238 g/mol. The van der Waals surface area contributed by atoms with Crippen molar-refractivity contribution >= 4 is 0 Å². The van der Waals surface area contributed by atoms with Gasteiger partial charge in [-0.15, -0.1) is 0 Å². The van der Waals surface area contributed by atoms with E-state index in [4.69, 9.17) is 5.11 Å². The van der Waals surface area contributed by atoms with Crippen molar-refractivity contribution in [3.05, 3.63) is 12.0 Å². The molecule has 0 aliphatic rings. The maximum absolute atomic E-state index is 12.0. The summed E-state index contributed by atoms with van der Waals surface area (Å²) in [7, 11) is 0. The Bertz CT molecular complexity index is 229. The van der Waals surface area contributed by atoms with Gasteiger partial charge in [0.15, 0.2) is 6.10 Å². The molecule has 1 unspecified atom stereocenters. The molecular formula is C7H8F6O2. The van der Waals surface area contributed by atoms with Crippen molar-refractivity contribution in [3.63, 3.8) is 0 Å². The molecule has 0 aliphatic heterocycles. The molecule has 0 bridgehead atoms. The molecule has 15 heavy (non-hydrogen) atoms. The molecular weight excluding hydrogens is 230 g/mol. The van der Waals surface area contributed by atoms with Gasteiger partial charge in [0.05, 0.1) is 0 Å². The molecule has 0 aromatic heterocycles. The summed E-state index contributed by atoms with van der Waals surface area (Å²) in [6, 6.07) is 0. The largest absolute Gasteiger partial charge is 0.502 e. The number of aliphatic hydroxyl groups is 1. The molecule has 0 saturated carbocycles. The van der Waals surface area contributed by atoms with Crippen LogP contribution < -0.4 is 0 Å². The molecule has 0 radical (unpaired) electrons. The third-order valence-corrected chi connectivity index (χ3v) is 1.37. The fourth-order valence-electron chi connectivity index (χ4n) is 0.618. The van der Waals surface area contributed by atoms with Crippen molar-refractivity contribution in [1.29, 1.82) is 0 Å². The standard InChI is InChI=1S/C7H8F6O2/c1-2-5(7(11,12)13)15-3-4(14)6(8,9)10/h3,5,14H,2H2,1H3/b4-3-. The Hall–Kier alpha value is -1.08. The highest BCUT2D eigenvalue weighted by atomic mass is 19.4. The minimum atomic E-state index is -5.11. The van der Waals surface area contributed by atoms with E-state index in [2.05, 4.69) is 4.74 Å². The fourth-order valence-corrected chi connectivity index (χ4v) is 0.618. The first-order chi connectivity index (χ1) is 6.59. The van der Waals surface area contributed by atoms with Gasteiger partial charge >= 0.3 is 12.4 Å². The predicted octanol–water partition coefficient (Wildman–Crippen LogP) is 3.31. The Balaban J connectivity index is 4.48. The lowest BCUT2D eigenvalue weighted by molar-refractivity contribution is -0.208. The van der Waals surface area contributed by atoms with Crippen LogP contribution in [0.5, 0.6) is 0 Å². The lowest BCUT2D eigenvalue weighted by Crippen LogP contribution is -2.30. The van der Waals surface area contributed by atoms with Crippen molar-refractivity contribution < 1.29 is 36.2 Å². The molecule has 0 aliphatic carbocycles. The second-order valence-corrected chi connectivity index (χ2v) is 2.58. The maximum atomic E-state index is 12.0. The SMILES string of the molecule is CCC(O/C=C(\O)C(F)(F)F)C(F)(F)F. The number of rotatable bonds is 3. The molecule has 0 aromatic rings. The van der Waals surface area contributed by atoms with E-state index in [9.17, 15) is 26.3 Å². The molecule has 1 atom stereocenters. The van der Waals surface area contributed by atoms with Gasteiger partial charge in [-0.2, -0.15) is 26.3 Å². The summed E-state index contributed by atoms with van der Waals surface area (Å²) in [6.07, 6.45) is -13.1. The number of alkyl halides is 6. The Morgan fingerprint density at radius 1 is 1.27 bits per heavy atom. The first-order valence-electron chi connectivity index (χ1n) is 3.77. The third kappa shape index (κ3) is 4.80. The van der Waals surface area contributed by atoms with Gasteiger partial charge in [0.2, 0.25) is 5.76 Å². The van der Waals surface area contributed by atoms with Gasteiger partial charge in [-0.05, 0) is 6.42 Å². The number of allylic oxidation sites excluding steroid dienone is 1. The first-order valence-corrected chi connectivity index (χ1v) is 3.77. The summed E-state index contributed by atoms with van der Waals surface area (Å²) >= 11 is 0. The fraction of sp³-hybridized carbons (Fsp3) is 0.714. The van der Waals surface area contributed by atoms with Crippen molar-refractivity contribution in [3.8, 4) is 0 Å². The van der Waals surface area contributed by atoms with Crippen molar-refractivity contribution in [2.24, 2.45) is 0 Å². The minimum Gasteiger partial charge on any atom is -0.502 e. The van der Waals surface area contributed by atoms with Crippen LogP contribution in [-0.4, -0.2) is 23.6 Å². The van der Waals surface area contributed by atoms with Crippen LogP contribution >= 0.6 is 0 Å². The zero-order valence-electron chi connectivity index (χ0n) is 7.49. The zero-order chi connectivity index (χ0) is 12.3. The molecule has 1 N–H and O–H groups in total. The molecule has 0 spiro atoms. The zero-order valence-corrected chi connectivity index (χ0v) is 7.49. The lowest BCUT2D eigenvalue weighted by Gasteiger charge is -2.18. The van der Waals surface area contributed by atoms with E-state index >= 15 is 0 Å². The van der Waals surface area contributed by atoms with Crippen LogP contribution in [0, 0.1) is 0 Å². The topological polar surface area (TPSA) is 29.5 Å². The number of hydrogen-bond acceptors (Lipinski definition) is 2. The van der Waals surface area contributed by atoms with Gasteiger partial charge in [-0.1, -0.05) is 6.92 Å². The Kier molecular flexibility index (Phi) is 4.29. The van der Waals surface area contributed by atoms with E-state index < -0.39 is 30.6 Å². The summed E-state index contributed by atoms with van der Waals surface area (Å²) in [5.41, 5.74) is 0. The van der Waals surface area contributed by atoms with Crippen LogP contribution in [0.2, 0.25) is 0 Å². The van der Waals surface area contributed by atoms with Crippen molar-refractivity contribution in [2.75, 3.05) is 0 Å². The van der Waals surface area contributed by atoms with Gasteiger partial charge < -0.3 is 9.84 Å². The summed E-state index contributed by atoms with van der Waals surface area (Å²) in [5, 5.41) is 8.24. The molecule has 0 saturated heterocycles. The second-order valence-electron chi connectivity index (χ2n) is 2.58. The quantitative estimate of drug-likeness (QED) is 0.603. The van der Waals surface area contributed by atoms with Crippen LogP contribution in [0.3, 0.4) is 0 Å². The van der Waals surface area contributed by atoms with E-state index in [1.54, 1.807) is 0 Å². The summed E-state index contributed by atoms with van der Waals surface area (Å²) in [5.74, 6) is -2.20. The summed E-state index contributed by atoms with van der Waals surface area (Å²) < 4.78 is 74.5. The lowest BCUT2D eigenvalue weighted by atomic mass is 10.3. The van der Waals surface area contributed by atoms with Crippen molar-refractivity contribution in [1.82, 2.24) is 0 Å². The predicted molar refractivity (Wildman–Crippen MR) is 38.0 cm³/mol. The summed E-state index contributed by atoms with van der Waals surface area (Å²) in [4.78, 5) is 0.